The number of aromatic nitrogens is 2. The normalized spacial score (nSPS) is 11.2. The van der Waals surface area contributed by atoms with Crippen LogP contribution in [0.3, 0.4) is 0 Å². The van der Waals surface area contributed by atoms with Crippen LogP contribution in [0.4, 0.5) is 0 Å². The van der Waals surface area contributed by atoms with Crippen LogP contribution in [0.5, 0.6) is 0 Å². The van der Waals surface area contributed by atoms with Gasteiger partial charge in [-0.2, -0.15) is 5.10 Å². The van der Waals surface area contributed by atoms with E-state index in [4.69, 9.17) is 0 Å². The summed E-state index contributed by atoms with van der Waals surface area (Å²) < 4.78 is 1.31. The van der Waals surface area contributed by atoms with Crippen LogP contribution in [-0.2, 0) is 6.42 Å². The van der Waals surface area contributed by atoms with Gasteiger partial charge in [0.15, 0.2) is 0 Å². The molecule has 0 aliphatic heterocycles. The number of thiophene rings is 1. The second-order valence-corrected chi connectivity index (χ2v) is 5.19. The lowest BCUT2D eigenvalue weighted by Crippen LogP contribution is -2.10. The average Bonchev–Trinajstić information content (AvgIpc) is 3.02. The molecule has 3 rings (SSSR count). The van der Waals surface area contributed by atoms with Crippen molar-refractivity contribution in [2.75, 3.05) is 13.6 Å². The summed E-state index contributed by atoms with van der Waals surface area (Å²) in [5.41, 5.74) is 3.44. The first-order valence-electron chi connectivity index (χ1n) is 6.04. The molecule has 0 spiro atoms. The van der Waals surface area contributed by atoms with Gasteiger partial charge in [-0.3, -0.25) is 5.10 Å². The molecule has 2 N–H and O–H groups in total. The van der Waals surface area contributed by atoms with Gasteiger partial charge in [-0.15, -0.1) is 11.3 Å². The number of hydrogen-bond donors (Lipinski definition) is 2. The quantitative estimate of drug-likeness (QED) is 0.754. The van der Waals surface area contributed by atoms with Gasteiger partial charge in [0.2, 0.25) is 0 Å². The van der Waals surface area contributed by atoms with E-state index in [9.17, 15) is 0 Å². The van der Waals surface area contributed by atoms with Crippen molar-refractivity contribution in [3.05, 3.63) is 41.4 Å². The van der Waals surface area contributed by atoms with E-state index in [0.29, 0.717) is 0 Å². The Balaban J connectivity index is 1.96. The number of benzene rings is 1. The van der Waals surface area contributed by atoms with Gasteiger partial charge in [-0.05, 0) is 19.2 Å². The fraction of sp³-hybridized carbons (Fsp3) is 0.214. The average molecular weight is 257 g/mol. The van der Waals surface area contributed by atoms with Crippen molar-refractivity contribution in [3.8, 4) is 11.3 Å². The fourth-order valence-corrected chi connectivity index (χ4v) is 3.02. The lowest BCUT2D eigenvalue weighted by Gasteiger charge is -1.94. The molecule has 1 aromatic carbocycles. The number of H-pyrrole nitrogens is 1. The summed E-state index contributed by atoms with van der Waals surface area (Å²) in [7, 11) is 1.96. The van der Waals surface area contributed by atoms with Crippen molar-refractivity contribution in [3.63, 3.8) is 0 Å². The van der Waals surface area contributed by atoms with E-state index in [2.05, 4.69) is 51.2 Å². The summed E-state index contributed by atoms with van der Waals surface area (Å²) in [6.45, 7) is 0.964. The van der Waals surface area contributed by atoms with Crippen LogP contribution in [0.25, 0.3) is 21.3 Å². The molecule has 0 amide bonds. The Morgan fingerprint density at radius 2 is 2.22 bits per heavy atom. The second kappa shape index (κ2) is 4.92. The first kappa shape index (κ1) is 11.4. The number of fused-ring (bicyclic) bond motifs is 1. The van der Waals surface area contributed by atoms with Crippen molar-refractivity contribution in [2.45, 2.75) is 6.42 Å². The molecular formula is C14H15N3S. The van der Waals surface area contributed by atoms with Gasteiger partial charge in [-0.1, -0.05) is 18.2 Å². The van der Waals surface area contributed by atoms with E-state index in [1.165, 1.54) is 21.3 Å². The van der Waals surface area contributed by atoms with Crippen LogP contribution in [0.2, 0.25) is 0 Å². The summed E-state index contributed by atoms with van der Waals surface area (Å²) in [6.07, 6.45) is 0.978. The number of nitrogens with one attached hydrogen (secondary N) is 2. The van der Waals surface area contributed by atoms with Crippen molar-refractivity contribution in [2.24, 2.45) is 0 Å². The van der Waals surface area contributed by atoms with E-state index in [0.717, 1.165) is 18.7 Å². The second-order valence-electron chi connectivity index (χ2n) is 4.28. The standard InChI is InChI=1S/C14H15N3S/c1-15-7-6-10-8-13(17-16-10)12-9-18-14-5-3-2-4-11(12)14/h2-5,8-9,15H,6-7H2,1H3,(H,16,17). The minimum absolute atomic E-state index is 0.964. The van der Waals surface area contributed by atoms with Crippen LogP contribution in [0.1, 0.15) is 5.69 Å². The van der Waals surface area contributed by atoms with Crippen LogP contribution >= 0.6 is 11.3 Å². The maximum Gasteiger partial charge on any atom is 0.0938 e. The molecule has 0 saturated carbocycles. The number of hydrogen-bond acceptors (Lipinski definition) is 3. The van der Waals surface area contributed by atoms with Crippen LogP contribution < -0.4 is 5.32 Å². The molecule has 0 saturated heterocycles. The molecule has 0 aliphatic carbocycles. The molecule has 2 aromatic heterocycles. The highest BCUT2D eigenvalue weighted by Crippen LogP contribution is 2.32. The van der Waals surface area contributed by atoms with E-state index in [-0.39, 0.29) is 0 Å². The Morgan fingerprint density at radius 3 is 3.11 bits per heavy atom. The molecule has 18 heavy (non-hydrogen) atoms. The van der Waals surface area contributed by atoms with Crippen LogP contribution in [-0.4, -0.2) is 23.8 Å². The zero-order chi connectivity index (χ0) is 12.4. The van der Waals surface area contributed by atoms with Crippen molar-refractivity contribution in [1.82, 2.24) is 15.5 Å². The minimum Gasteiger partial charge on any atom is -0.319 e. The third-order valence-corrected chi connectivity index (χ3v) is 4.00. The minimum atomic E-state index is 0.964. The van der Waals surface area contributed by atoms with Gasteiger partial charge >= 0.3 is 0 Å². The number of nitrogens with zero attached hydrogens (tertiary/aromatic N) is 1. The van der Waals surface area contributed by atoms with Crippen molar-refractivity contribution >= 4 is 21.4 Å². The maximum absolute atomic E-state index is 4.42. The molecule has 4 heteroatoms. The fourth-order valence-electron chi connectivity index (χ4n) is 2.06. The highest BCUT2D eigenvalue weighted by atomic mass is 32.1. The smallest absolute Gasteiger partial charge is 0.0938 e. The predicted molar refractivity (Wildman–Crippen MR) is 77.0 cm³/mol. The largest absolute Gasteiger partial charge is 0.319 e. The predicted octanol–water partition coefficient (Wildman–Crippen LogP) is 3.05. The topological polar surface area (TPSA) is 40.7 Å². The summed E-state index contributed by atoms with van der Waals surface area (Å²) >= 11 is 1.77. The van der Waals surface area contributed by atoms with E-state index >= 15 is 0 Å². The first-order chi connectivity index (χ1) is 8.88. The summed E-state index contributed by atoms with van der Waals surface area (Å²) in [6, 6.07) is 10.6. The lowest BCUT2D eigenvalue weighted by molar-refractivity contribution is 0.772. The van der Waals surface area contributed by atoms with Gasteiger partial charge in [0, 0.05) is 39.7 Å². The monoisotopic (exact) mass is 257 g/mol. The molecule has 0 radical (unpaired) electrons. The van der Waals surface area contributed by atoms with Crippen LogP contribution in [0.15, 0.2) is 35.7 Å². The molecule has 3 aromatic rings. The maximum atomic E-state index is 4.42. The number of rotatable bonds is 4. The molecule has 0 bridgehead atoms. The van der Waals surface area contributed by atoms with Gasteiger partial charge in [0.1, 0.15) is 0 Å². The van der Waals surface area contributed by atoms with Crippen molar-refractivity contribution in [1.29, 1.82) is 0 Å². The first-order valence-corrected chi connectivity index (χ1v) is 6.92. The number of likely N-dealkylation sites (N-methyl/N-ethyl adjacent to an activating group) is 1. The molecule has 0 atom stereocenters. The zero-order valence-corrected chi connectivity index (χ0v) is 11.1. The SMILES string of the molecule is CNCCc1cc(-c2csc3ccccc23)n[nH]1. The molecular weight excluding hydrogens is 242 g/mol. The molecule has 0 fully saturated rings. The third-order valence-electron chi connectivity index (χ3n) is 3.03. The Labute approximate surface area is 110 Å². The van der Waals surface area contributed by atoms with Crippen molar-refractivity contribution < 1.29 is 0 Å². The Bertz CT molecular complexity index is 654. The summed E-state index contributed by atoms with van der Waals surface area (Å²) in [5, 5.41) is 14.1. The van der Waals surface area contributed by atoms with Gasteiger partial charge in [0.05, 0.1) is 5.69 Å². The van der Waals surface area contributed by atoms with Gasteiger partial charge in [-0.25, -0.2) is 0 Å². The summed E-state index contributed by atoms with van der Waals surface area (Å²) in [4.78, 5) is 0. The molecule has 0 unspecified atom stereocenters. The third kappa shape index (κ3) is 2.05. The highest BCUT2D eigenvalue weighted by Gasteiger charge is 2.09. The zero-order valence-electron chi connectivity index (χ0n) is 10.2. The van der Waals surface area contributed by atoms with E-state index in [1.807, 2.05) is 7.05 Å². The molecule has 3 nitrogen and oxygen atoms in total. The Hall–Kier alpha value is -1.65. The van der Waals surface area contributed by atoms with Crippen LogP contribution in [0, 0.1) is 0 Å². The molecule has 92 valence electrons. The van der Waals surface area contributed by atoms with E-state index < -0.39 is 0 Å². The van der Waals surface area contributed by atoms with Gasteiger partial charge in [0.25, 0.3) is 0 Å². The Kier molecular flexibility index (Phi) is 3.13. The Morgan fingerprint density at radius 1 is 1.33 bits per heavy atom. The number of aromatic amines is 1. The molecule has 0 aliphatic rings. The lowest BCUT2D eigenvalue weighted by atomic mass is 10.1. The molecule has 2 heterocycles. The summed E-state index contributed by atoms with van der Waals surface area (Å²) in [5.74, 6) is 0. The van der Waals surface area contributed by atoms with Gasteiger partial charge < -0.3 is 5.32 Å². The van der Waals surface area contributed by atoms with E-state index in [1.54, 1.807) is 11.3 Å². The highest BCUT2D eigenvalue weighted by molar-refractivity contribution is 7.17.